The van der Waals surface area contributed by atoms with Gasteiger partial charge in [0, 0.05) is 13.5 Å². The van der Waals surface area contributed by atoms with E-state index in [9.17, 15) is 20.0 Å². The smallest absolute Gasteiger partial charge is 0.381 e. The lowest BCUT2D eigenvalue weighted by molar-refractivity contribution is -0.389. The van der Waals surface area contributed by atoms with Crippen molar-refractivity contribution in [2.24, 2.45) is 5.92 Å². The zero-order valence-corrected chi connectivity index (χ0v) is 11.9. The maximum absolute atomic E-state index is 11.7. The van der Waals surface area contributed by atoms with E-state index >= 15 is 0 Å². The van der Waals surface area contributed by atoms with Crippen molar-refractivity contribution < 1.29 is 14.8 Å². The molecule has 0 bridgehead atoms. The highest BCUT2D eigenvalue weighted by atomic mass is 16.6. The van der Waals surface area contributed by atoms with Gasteiger partial charge in [0.2, 0.25) is 11.7 Å². The maximum atomic E-state index is 11.7. The van der Waals surface area contributed by atoms with E-state index < -0.39 is 11.0 Å². The van der Waals surface area contributed by atoms with Crippen molar-refractivity contribution in [3.8, 4) is 0 Å². The van der Waals surface area contributed by atoms with Crippen LogP contribution in [-0.2, 0) is 11.3 Å². The van der Waals surface area contributed by atoms with Crippen LogP contribution < -0.4 is 5.32 Å². The summed E-state index contributed by atoms with van der Waals surface area (Å²) >= 11 is 0. The van der Waals surface area contributed by atoms with Crippen molar-refractivity contribution >= 4 is 11.7 Å². The van der Waals surface area contributed by atoms with Crippen molar-refractivity contribution in [2.75, 3.05) is 6.54 Å². The van der Waals surface area contributed by atoms with Crippen molar-refractivity contribution in [3.63, 3.8) is 0 Å². The predicted molar refractivity (Wildman–Crippen MR) is 72.1 cm³/mol. The third kappa shape index (κ3) is 4.61. The quantitative estimate of drug-likeness (QED) is 0.563. The number of nitrogens with one attached hydrogen (secondary N) is 1. The number of amides is 1. The number of aryl methyl sites for hydroxylation is 1. The number of imidazole rings is 1. The zero-order valence-electron chi connectivity index (χ0n) is 11.9. The van der Waals surface area contributed by atoms with Crippen LogP contribution in [0.1, 0.15) is 26.1 Å². The molecule has 0 aliphatic rings. The third-order valence-corrected chi connectivity index (χ3v) is 3.00. The second kappa shape index (κ2) is 6.99. The Hall–Kier alpha value is -1.96. The van der Waals surface area contributed by atoms with E-state index in [2.05, 4.69) is 10.3 Å². The minimum atomic E-state index is -0.597. The van der Waals surface area contributed by atoms with Gasteiger partial charge in [0.05, 0.1) is 6.10 Å². The zero-order chi connectivity index (χ0) is 15.3. The number of hydrogen-bond acceptors (Lipinski definition) is 5. The fourth-order valence-corrected chi connectivity index (χ4v) is 1.64. The highest BCUT2D eigenvalue weighted by Gasteiger charge is 2.17. The number of nitrogens with zero attached hydrogens (tertiary/aromatic N) is 3. The minimum absolute atomic E-state index is 0.0234. The summed E-state index contributed by atoms with van der Waals surface area (Å²) in [5.41, 5.74) is 0. The average molecular weight is 284 g/mol. The standard InChI is InChI=1S/C12H20N4O4/c1-8(2)10(17)4-5-13-12(18)7-15-6-11(16(19)20)14-9(15)3/h6,8,10,17H,4-5,7H2,1-3H3,(H,13,18). The number of hydrogen-bond donors (Lipinski definition) is 2. The fourth-order valence-electron chi connectivity index (χ4n) is 1.64. The van der Waals surface area contributed by atoms with E-state index in [1.807, 2.05) is 13.8 Å². The lowest BCUT2D eigenvalue weighted by Crippen LogP contribution is -2.31. The molecule has 0 saturated carbocycles. The lowest BCUT2D eigenvalue weighted by Gasteiger charge is -2.14. The van der Waals surface area contributed by atoms with Crippen LogP contribution in [0.25, 0.3) is 0 Å². The third-order valence-electron chi connectivity index (χ3n) is 3.00. The van der Waals surface area contributed by atoms with Gasteiger partial charge in [0.25, 0.3) is 0 Å². The first-order valence-electron chi connectivity index (χ1n) is 6.44. The Labute approximate surface area is 117 Å². The van der Waals surface area contributed by atoms with Crippen LogP contribution in [0, 0.1) is 23.0 Å². The molecule has 0 radical (unpaired) electrons. The molecule has 1 heterocycles. The highest BCUT2D eigenvalue weighted by Crippen LogP contribution is 2.10. The molecular formula is C12H20N4O4. The molecule has 0 saturated heterocycles. The Balaban J connectivity index is 2.45. The van der Waals surface area contributed by atoms with Crippen LogP contribution in [0.15, 0.2) is 6.20 Å². The van der Waals surface area contributed by atoms with Gasteiger partial charge in [-0.05, 0) is 22.2 Å². The molecule has 0 aliphatic heterocycles. The second-order valence-electron chi connectivity index (χ2n) is 4.98. The van der Waals surface area contributed by atoms with E-state index in [1.165, 1.54) is 10.8 Å². The Morgan fingerprint density at radius 1 is 1.60 bits per heavy atom. The first kappa shape index (κ1) is 16.1. The molecule has 1 aromatic heterocycles. The van der Waals surface area contributed by atoms with E-state index in [0.717, 1.165) is 0 Å². The van der Waals surface area contributed by atoms with Crippen LogP contribution in [0.2, 0.25) is 0 Å². The van der Waals surface area contributed by atoms with Gasteiger partial charge in [0.15, 0.2) is 0 Å². The lowest BCUT2D eigenvalue weighted by atomic mass is 10.0. The van der Waals surface area contributed by atoms with E-state index in [-0.39, 0.29) is 24.2 Å². The highest BCUT2D eigenvalue weighted by molar-refractivity contribution is 5.75. The number of aliphatic hydroxyl groups is 1. The minimum Gasteiger partial charge on any atom is -0.393 e. The molecule has 1 amide bonds. The molecule has 0 fully saturated rings. The van der Waals surface area contributed by atoms with Gasteiger partial charge in [-0.3, -0.25) is 9.36 Å². The summed E-state index contributed by atoms with van der Waals surface area (Å²) in [6, 6.07) is 0. The number of carbonyl (C=O) groups is 1. The van der Waals surface area contributed by atoms with Crippen LogP contribution in [0.5, 0.6) is 0 Å². The molecule has 0 aliphatic carbocycles. The molecule has 1 aromatic rings. The Kier molecular flexibility index (Phi) is 5.63. The molecule has 8 heteroatoms. The number of carbonyl (C=O) groups excluding carboxylic acids is 1. The fraction of sp³-hybridized carbons (Fsp3) is 0.667. The second-order valence-corrected chi connectivity index (χ2v) is 4.98. The number of aromatic nitrogens is 2. The molecule has 20 heavy (non-hydrogen) atoms. The normalized spacial score (nSPS) is 12.4. The molecule has 0 aromatic carbocycles. The largest absolute Gasteiger partial charge is 0.393 e. The van der Waals surface area contributed by atoms with Gasteiger partial charge in [-0.1, -0.05) is 13.8 Å². The molecule has 1 atom stereocenters. The van der Waals surface area contributed by atoms with Crippen molar-refractivity contribution in [1.82, 2.24) is 14.9 Å². The average Bonchev–Trinajstić information content (AvgIpc) is 2.70. The molecule has 0 spiro atoms. The summed E-state index contributed by atoms with van der Waals surface area (Å²) in [4.78, 5) is 25.4. The van der Waals surface area contributed by atoms with E-state index in [0.29, 0.717) is 18.8 Å². The van der Waals surface area contributed by atoms with Crippen molar-refractivity contribution in [2.45, 2.75) is 39.8 Å². The van der Waals surface area contributed by atoms with Crippen molar-refractivity contribution in [1.29, 1.82) is 0 Å². The van der Waals surface area contributed by atoms with Gasteiger partial charge < -0.3 is 20.5 Å². The Bertz CT molecular complexity index is 484. The van der Waals surface area contributed by atoms with Gasteiger partial charge in [-0.2, -0.15) is 0 Å². The van der Waals surface area contributed by atoms with E-state index in [4.69, 9.17) is 0 Å². The number of nitro groups is 1. The summed E-state index contributed by atoms with van der Waals surface area (Å²) in [5.74, 6) is 0.0152. The van der Waals surface area contributed by atoms with Crippen molar-refractivity contribution in [3.05, 3.63) is 22.1 Å². The molecule has 8 nitrogen and oxygen atoms in total. The van der Waals surface area contributed by atoms with Crippen LogP contribution in [-0.4, -0.2) is 38.1 Å². The van der Waals surface area contributed by atoms with Gasteiger partial charge in [-0.25, -0.2) is 0 Å². The maximum Gasteiger partial charge on any atom is 0.381 e. The van der Waals surface area contributed by atoms with Gasteiger partial charge >= 0.3 is 5.82 Å². The summed E-state index contributed by atoms with van der Waals surface area (Å²) in [6.45, 7) is 5.75. The molecular weight excluding hydrogens is 264 g/mol. The van der Waals surface area contributed by atoms with E-state index in [1.54, 1.807) is 6.92 Å². The summed E-state index contributed by atoms with van der Waals surface area (Å²) in [7, 11) is 0. The predicted octanol–water partition coefficient (Wildman–Crippen LogP) is 0.623. The van der Waals surface area contributed by atoms with Gasteiger partial charge in [0.1, 0.15) is 12.7 Å². The number of aliphatic hydroxyl groups excluding tert-OH is 1. The Morgan fingerprint density at radius 2 is 2.25 bits per heavy atom. The summed E-state index contributed by atoms with van der Waals surface area (Å²) in [6.07, 6.45) is 1.26. The Morgan fingerprint density at radius 3 is 2.75 bits per heavy atom. The molecule has 112 valence electrons. The molecule has 1 rings (SSSR count). The first-order chi connectivity index (χ1) is 9.31. The monoisotopic (exact) mass is 284 g/mol. The van der Waals surface area contributed by atoms with Crippen LogP contribution in [0.3, 0.4) is 0 Å². The number of rotatable bonds is 7. The SMILES string of the molecule is Cc1nc([N+](=O)[O-])cn1CC(=O)NCCC(O)C(C)C. The summed E-state index contributed by atoms with van der Waals surface area (Å²) in [5, 5.41) is 22.8. The van der Waals surface area contributed by atoms with Gasteiger partial charge in [-0.15, -0.1) is 0 Å². The van der Waals surface area contributed by atoms with Crippen LogP contribution in [0.4, 0.5) is 5.82 Å². The van der Waals surface area contributed by atoms with Crippen LogP contribution >= 0.6 is 0 Å². The molecule has 2 N–H and O–H groups in total. The first-order valence-corrected chi connectivity index (χ1v) is 6.44. The summed E-state index contributed by atoms with van der Waals surface area (Å²) < 4.78 is 1.42. The molecule has 1 unspecified atom stereocenters. The topological polar surface area (TPSA) is 110 Å².